The van der Waals surface area contributed by atoms with Crippen LogP contribution in [0.3, 0.4) is 0 Å². The summed E-state index contributed by atoms with van der Waals surface area (Å²) in [5, 5.41) is 4.76. The Kier molecular flexibility index (Phi) is 6.08. The van der Waals surface area contributed by atoms with Gasteiger partial charge < -0.3 is 5.32 Å². The van der Waals surface area contributed by atoms with Gasteiger partial charge in [-0.2, -0.15) is 0 Å². The topological polar surface area (TPSA) is 29.1 Å². The van der Waals surface area contributed by atoms with E-state index in [2.05, 4.69) is 5.32 Å². The molecule has 7 heteroatoms. The van der Waals surface area contributed by atoms with Crippen LogP contribution in [-0.2, 0) is 4.79 Å². The first kappa shape index (κ1) is 16.8. The second-order valence-electron chi connectivity index (χ2n) is 4.04. The third kappa shape index (κ3) is 4.97. The minimum Gasteiger partial charge on any atom is -0.324 e. The fraction of sp³-hybridized carbons (Fsp3) is 0.0714. The average Bonchev–Trinajstić information content (AvgIpc) is 2.44. The van der Waals surface area contributed by atoms with Crippen molar-refractivity contribution in [1.29, 1.82) is 0 Å². The number of thioether (sulfide) groups is 1. The Morgan fingerprint density at radius 2 is 1.57 bits per heavy atom. The molecule has 0 aliphatic heterocycles. The van der Waals surface area contributed by atoms with Gasteiger partial charge in [0.1, 0.15) is 0 Å². The molecule has 0 atom stereocenters. The molecule has 0 bridgehead atoms. The van der Waals surface area contributed by atoms with E-state index in [-0.39, 0.29) is 11.7 Å². The number of hydrogen-bond acceptors (Lipinski definition) is 2. The molecule has 0 aromatic heterocycles. The van der Waals surface area contributed by atoms with Crippen LogP contribution in [0.2, 0.25) is 20.1 Å². The summed E-state index contributed by atoms with van der Waals surface area (Å²) in [5.74, 6) is -0.0247. The zero-order chi connectivity index (χ0) is 15.4. The van der Waals surface area contributed by atoms with Crippen molar-refractivity contribution >= 4 is 69.8 Å². The number of carbonyl (C=O) groups is 1. The van der Waals surface area contributed by atoms with Crippen LogP contribution in [0.25, 0.3) is 0 Å². The molecule has 1 amide bonds. The Bertz CT molecular complexity index is 678. The summed E-state index contributed by atoms with van der Waals surface area (Å²) in [6.07, 6.45) is 0. The third-order valence-corrected chi connectivity index (χ3v) is 4.75. The summed E-state index contributed by atoms with van der Waals surface area (Å²) in [5.41, 5.74) is 0.479. The summed E-state index contributed by atoms with van der Waals surface area (Å²) in [6.45, 7) is 0. The highest BCUT2D eigenvalue weighted by atomic mass is 35.5. The number of carbonyl (C=O) groups excluding carboxylic acids is 1. The molecule has 0 aliphatic carbocycles. The Morgan fingerprint density at radius 3 is 2.29 bits per heavy atom. The first-order valence-electron chi connectivity index (χ1n) is 5.78. The van der Waals surface area contributed by atoms with E-state index in [9.17, 15) is 4.79 Å². The third-order valence-electron chi connectivity index (χ3n) is 2.45. The minimum atomic E-state index is -0.208. The van der Waals surface area contributed by atoms with Crippen LogP contribution in [0.5, 0.6) is 0 Å². The maximum atomic E-state index is 11.9. The van der Waals surface area contributed by atoms with Gasteiger partial charge in [0.05, 0.1) is 21.5 Å². The largest absolute Gasteiger partial charge is 0.324 e. The van der Waals surface area contributed by atoms with Crippen LogP contribution in [0.4, 0.5) is 5.69 Å². The Morgan fingerprint density at radius 1 is 0.952 bits per heavy atom. The van der Waals surface area contributed by atoms with Gasteiger partial charge >= 0.3 is 0 Å². The lowest BCUT2D eigenvalue weighted by Gasteiger charge is -2.08. The van der Waals surface area contributed by atoms with Crippen molar-refractivity contribution in [3.63, 3.8) is 0 Å². The highest BCUT2D eigenvalue weighted by Gasteiger charge is 2.09. The maximum absolute atomic E-state index is 11.9. The van der Waals surface area contributed by atoms with Gasteiger partial charge in [0.15, 0.2) is 0 Å². The van der Waals surface area contributed by atoms with E-state index in [0.29, 0.717) is 25.8 Å². The molecule has 0 radical (unpaired) electrons. The van der Waals surface area contributed by atoms with E-state index in [0.717, 1.165) is 4.90 Å². The molecule has 2 nitrogen and oxygen atoms in total. The lowest BCUT2D eigenvalue weighted by Crippen LogP contribution is -2.14. The van der Waals surface area contributed by atoms with Crippen LogP contribution >= 0.6 is 58.2 Å². The molecule has 2 aromatic rings. The number of hydrogen-bond donors (Lipinski definition) is 1. The van der Waals surface area contributed by atoms with Gasteiger partial charge in [0.2, 0.25) is 5.91 Å². The highest BCUT2D eigenvalue weighted by molar-refractivity contribution is 8.00. The molecule has 0 aliphatic rings. The fourth-order valence-corrected chi connectivity index (χ4v) is 3.14. The molecular weight excluding hydrogens is 372 g/mol. The fourth-order valence-electron chi connectivity index (χ4n) is 1.51. The van der Waals surface area contributed by atoms with Crippen LogP contribution in [0.15, 0.2) is 41.3 Å². The lowest BCUT2D eigenvalue weighted by atomic mass is 10.3. The molecule has 110 valence electrons. The summed E-state index contributed by atoms with van der Waals surface area (Å²) < 4.78 is 0. The van der Waals surface area contributed by atoms with E-state index < -0.39 is 0 Å². The number of anilines is 1. The van der Waals surface area contributed by atoms with E-state index in [4.69, 9.17) is 46.4 Å². The Labute approximate surface area is 146 Å². The quantitative estimate of drug-likeness (QED) is 0.656. The van der Waals surface area contributed by atoms with Gasteiger partial charge in [0, 0.05) is 14.9 Å². The number of rotatable bonds is 4. The second kappa shape index (κ2) is 7.61. The van der Waals surface area contributed by atoms with Gasteiger partial charge in [0.25, 0.3) is 0 Å². The summed E-state index contributed by atoms with van der Waals surface area (Å²) in [6, 6.07) is 9.98. The molecule has 0 spiro atoms. The molecule has 0 fully saturated rings. The number of benzene rings is 2. The van der Waals surface area contributed by atoms with Gasteiger partial charge in [-0.3, -0.25) is 4.79 Å². The SMILES string of the molecule is O=C(CSc1cc(Cl)ccc1Cl)Nc1cc(Cl)ccc1Cl. The monoisotopic (exact) mass is 379 g/mol. The standard InChI is InChI=1S/C14H9Cl4NOS/c15-8-1-3-10(17)12(5-8)19-14(20)7-21-13-6-9(16)2-4-11(13)18/h1-6H,7H2,(H,19,20). The van der Waals surface area contributed by atoms with Crippen molar-refractivity contribution < 1.29 is 4.79 Å². The average molecular weight is 381 g/mol. The molecule has 0 saturated carbocycles. The molecule has 0 heterocycles. The predicted octanol–water partition coefficient (Wildman–Crippen LogP) is 6.03. The normalized spacial score (nSPS) is 10.5. The Hall–Kier alpha value is -0.580. The summed E-state index contributed by atoms with van der Waals surface area (Å²) in [4.78, 5) is 12.7. The second-order valence-corrected chi connectivity index (χ2v) is 6.74. The van der Waals surface area contributed by atoms with Gasteiger partial charge in [-0.05, 0) is 36.4 Å². The van der Waals surface area contributed by atoms with Crippen molar-refractivity contribution in [3.05, 3.63) is 56.5 Å². The van der Waals surface area contributed by atoms with Crippen LogP contribution in [0, 0.1) is 0 Å². The highest BCUT2D eigenvalue weighted by Crippen LogP contribution is 2.30. The summed E-state index contributed by atoms with van der Waals surface area (Å²) >= 11 is 25.1. The minimum absolute atomic E-state index is 0.183. The van der Waals surface area contributed by atoms with Crippen molar-refractivity contribution in [2.45, 2.75) is 4.90 Å². The van der Waals surface area contributed by atoms with Gasteiger partial charge in [-0.1, -0.05) is 46.4 Å². The summed E-state index contributed by atoms with van der Waals surface area (Å²) in [7, 11) is 0. The maximum Gasteiger partial charge on any atom is 0.234 e. The van der Waals surface area contributed by atoms with Gasteiger partial charge in [-0.25, -0.2) is 0 Å². The number of halogens is 4. The van der Waals surface area contributed by atoms with E-state index >= 15 is 0 Å². The van der Waals surface area contributed by atoms with E-state index in [1.54, 1.807) is 36.4 Å². The van der Waals surface area contributed by atoms with Crippen molar-refractivity contribution in [1.82, 2.24) is 0 Å². The first-order chi connectivity index (χ1) is 9.95. The van der Waals surface area contributed by atoms with Gasteiger partial charge in [-0.15, -0.1) is 11.8 Å². The Balaban J connectivity index is 1.99. The van der Waals surface area contributed by atoms with Crippen molar-refractivity contribution in [2.24, 2.45) is 0 Å². The predicted molar refractivity (Wildman–Crippen MR) is 92.3 cm³/mol. The number of nitrogens with one attached hydrogen (secondary N) is 1. The smallest absolute Gasteiger partial charge is 0.234 e. The van der Waals surface area contributed by atoms with Crippen LogP contribution < -0.4 is 5.32 Å². The molecular formula is C14H9Cl4NOS. The molecule has 2 rings (SSSR count). The molecule has 2 aromatic carbocycles. The van der Waals surface area contributed by atoms with Crippen molar-refractivity contribution in [3.8, 4) is 0 Å². The van der Waals surface area contributed by atoms with Crippen LogP contribution in [-0.4, -0.2) is 11.7 Å². The zero-order valence-electron chi connectivity index (χ0n) is 10.5. The number of amides is 1. The van der Waals surface area contributed by atoms with Crippen LogP contribution in [0.1, 0.15) is 0 Å². The first-order valence-corrected chi connectivity index (χ1v) is 8.28. The van der Waals surface area contributed by atoms with E-state index in [1.165, 1.54) is 11.8 Å². The van der Waals surface area contributed by atoms with E-state index in [1.807, 2.05) is 0 Å². The lowest BCUT2D eigenvalue weighted by molar-refractivity contribution is -0.113. The van der Waals surface area contributed by atoms with Crippen molar-refractivity contribution in [2.75, 3.05) is 11.1 Å². The molecule has 0 saturated heterocycles. The molecule has 0 unspecified atom stereocenters. The molecule has 1 N–H and O–H groups in total. The zero-order valence-corrected chi connectivity index (χ0v) is 14.3. The molecule has 21 heavy (non-hydrogen) atoms.